The van der Waals surface area contributed by atoms with E-state index in [1.807, 2.05) is 6.07 Å². The third kappa shape index (κ3) is 2.45. The quantitative estimate of drug-likeness (QED) is 0.904. The minimum Gasteiger partial charge on any atom is -0.436 e. The first-order valence-electron chi connectivity index (χ1n) is 5.28. The highest BCUT2D eigenvalue weighted by atomic mass is 19.1. The smallest absolute Gasteiger partial charge is 0.256 e. The second kappa shape index (κ2) is 4.83. The molecule has 1 heterocycles. The zero-order chi connectivity index (χ0) is 13.1. The van der Waals surface area contributed by atoms with E-state index in [4.69, 9.17) is 10.5 Å². The number of hydrogen-bond donors (Lipinski definition) is 1. The van der Waals surface area contributed by atoms with Gasteiger partial charge in [-0.15, -0.1) is 0 Å². The fourth-order valence-electron chi connectivity index (χ4n) is 1.48. The van der Waals surface area contributed by atoms with Crippen molar-refractivity contribution < 1.29 is 13.9 Å². The van der Waals surface area contributed by atoms with Crippen LogP contribution in [0.25, 0.3) is 0 Å². The molecule has 2 aromatic rings. The lowest BCUT2D eigenvalue weighted by atomic mass is 10.2. The normalized spacial score (nSPS) is 10.1. The van der Waals surface area contributed by atoms with E-state index < -0.39 is 11.7 Å². The molecule has 0 atom stereocenters. The number of nitrogens with zero attached hydrogens (tertiary/aromatic N) is 1. The summed E-state index contributed by atoms with van der Waals surface area (Å²) in [5.74, 6) is -1.15. The number of halogens is 1. The van der Waals surface area contributed by atoms with Gasteiger partial charge < -0.3 is 10.5 Å². The first-order valence-corrected chi connectivity index (χ1v) is 5.28. The van der Waals surface area contributed by atoms with Crippen molar-refractivity contribution in [1.29, 1.82) is 0 Å². The van der Waals surface area contributed by atoms with Gasteiger partial charge in [0.2, 0.25) is 0 Å². The summed E-state index contributed by atoms with van der Waals surface area (Å²) in [7, 11) is 0. The van der Waals surface area contributed by atoms with Crippen molar-refractivity contribution in [3.63, 3.8) is 0 Å². The Morgan fingerprint density at radius 3 is 2.61 bits per heavy atom. The number of aryl methyl sites for hydroxylation is 1. The van der Waals surface area contributed by atoms with Gasteiger partial charge in [0.15, 0.2) is 5.82 Å². The van der Waals surface area contributed by atoms with Gasteiger partial charge in [-0.2, -0.15) is 0 Å². The number of benzene rings is 1. The predicted molar refractivity (Wildman–Crippen MR) is 64.0 cm³/mol. The van der Waals surface area contributed by atoms with Crippen LogP contribution in [-0.2, 0) is 0 Å². The van der Waals surface area contributed by atoms with Crippen LogP contribution in [0, 0.1) is 12.7 Å². The Morgan fingerprint density at radius 1 is 1.33 bits per heavy atom. The Morgan fingerprint density at radius 2 is 2.00 bits per heavy atom. The van der Waals surface area contributed by atoms with Crippen LogP contribution in [0.2, 0.25) is 0 Å². The van der Waals surface area contributed by atoms with E-state index >= 15 is 0 Å². The van der Waals surface area contributed by atoms with Gasteiger partial charge in [-0.1, -0.05) is 18.2 Å². The summed E-state index contributed by atoms with van der Waals surface area (Å²) in [6.45, 7) is 1.57. The van der Waals surface area contributed by atoms with Crippen LogP contribution in [0.5, 0.6) is 11.6 Å². The highest BCUT2D eigenvalue weighted by Gasteiger charge is 2.14. The lowest BCUT2D eigenvalue weighted by molar-refractivity contribution is 0.0998. The zero-order valence-electron chi connectivity index (χ0n) is 9.68. The molecule has 0 radical (unpaired) electrons. The fraction of sp³-hybridized carbons (Fsp3) is 0.0769. The van der Waals surface area contributed by atoms with Crippen molar-refractivity contribution in [2.75, 3.05) is 0 Å². The van der Waals surface area contributed by atoms with Gasteiger partial charge in [0.1, 0.15) is 5.75 Å². The number of rotatable bonds is 3. The van der Waals surface area contributed by atoms with Gasteiger partial charge in [0.25, 0.3) is 11.8 Å². The average Bonchev–Trinajstić information content (AvgIpc) is 2.34. The maximum absolute atomic E-state index is 13.7. The van der Waals surface area contributed by atoms with Crippen LogP contribution < -0.4 is 10.5 Å². The molecule has 0 aliphatic heterocycles. The molecule has 2 N–H and O–H groups in total. The predicted octanol–water partition coefficient (Wildman–Crippen LogP) is 2.42. The third-order valence-corrected chi connectivity index (χ3v) is 2.36. The number of primary amides is 1. The van der Waals surface area contributed by atoms with Crippen molar-refractivity contribution in [2.24, 2.45) is 5.73 Å². The Kier molecular flexibility index (Phi) is 3.23. The van der Waals surface area contributed by atoms with Crippen LogP contribution in [0.15, 0.2) is 36.4 Å². The molecule has 0 aliphatic carbocycles. The summed E-state index contributed by atoms with van der Waals surface area (Å²) in [5, 5.41) is 0. The summed E-state index contributed by atoms with van der Waals surface area (Å²) < 4.78 is 19.0. The molecule has 1 aromatic carbocycles. The third-order valence-electron chi connectivity index (χ3n) is 2.36. The molecule has 0 aliphatic rings. The SMILES string of the molecule is Cc1nc(Oc2ccccc2)c(F)cc1C(N)=O. The van der Waals surface area contributed by atoms with E-state index in [2.05, 4.69) is 4.98 Å². The number of carbonyl (C=O) groups excluding carboxylic acids is 1. The molecule has 18 heavy (non-hydrogen) atoms. The van der Waals surface area contributed by atoms with Gasteiger partial charge in [0.05, 0.1) is 11.3 Å². The van der Waals surface area contributed by atoms with Crippen molar-refractivity contribution >= 4 is 5.91 Å². The topological polar surface area (TPSA) is 65.2 Å². The van der Waals surface area contributed by atoms with Gasteiger partial charge >= 0.3 is 0 Å². The lowest BCUT2D eigenvalue weighted by Crippen LogP contribution is -2.14. The number of hydrogen-bond acceptors (Lipinski definition) is 3. The maximum Gasteiger partial charge on any atom is 0.256 e. The first kappa shape index (κ1) is 12.0. The molecule has 1 aromatic heterocycles. The van der Waals surface area contributed by atoms with Crippen LogP contribution in [-0.4, -0.2) is 10.9 Å². The number of aromatic nitrogens is 1. The Bertz CT molecular complexity index is 585. The summed E-state index contributed by atoms with van der Waals surface area (Å²) in [6.07, 6.45) is 0. The average molecular weight is 246 g/mol. The number of ether oxygens (including phenoxy) is 1. The summed E-state index contributed by atoms with van der Waals surface area (Å²) in [4.78, 5) is 14.9. The molecule has 5 heteroatoms. The molecule has 0 saturated carbocycles. The summed E-state index contributed by atoms with van der Waals surface area (Å²) in [5.41, 5.74) is 5.48. The number of pyridine rings is 1. The largest absolute Gasteiger partial charge is 0.436 e. The van der Waals surface area contributed by atoms with Crippen LogP contribution in [0.4, 0.5) is 4.39 Å². The molecule has 0 saturated heterocycles. The van der Waals surface area contributed by atoms with E-state index in [-0.39, 0.29) is 11.4 Å². The number of amides is 1. The number of carbonyl (C=O) groups is 1. The van der Waals surface area contributed by atoms with Crippen molar-refractivity contribution in [3.8, 4) is 11.6 Å². The van der Waals surface area contributed by atoms with Gasteiger partial charge in [-0.05, 0) is 25.1 Å². The molecular formula is C13H11FN2O2. The molecular weight excluding hydrogens is 235 g/mol. The monoisotopic (exact) mass is 246 g/mol. The molecule has 0 bridgehead atoms. The van der Waals surface area contributed by atoms with Crippen LogP contribution >= 0.6 is 0 Å². The van der Waals surface area contributed by atoms with Crippen molar-refractivity contribution in [3.05, 3.63) is 53.5 Å². The highest BCUT2D eigenvalue weighted by molar-refractivity contribution is 5.93. The minimum absolute atomic E-state index is 0.0490. The fourth-order valence-corrected chi connectivity index (χ4v) is 1.48. The summed E-state index contributed by atoms with van der Waals surface area (Å²) in [6, 6.07) is 9.73. The molecule has 0 fully saturated rings. The van der Waals surface area contributed by atoms with E-state index in [1.165, 1.54) is 0 Å². The van der Waals surface area contributed by atoms with E-state index in [0.29, 0.717) is 11.4 Å². The Labute approximate surface area is 103 Å². The van der Waals surface area contributed by atoms with Gasteiger partial charge in [-0.25, -0.2) is 9.37 Å². The number of nitrogens with two attached hydrogens (primary N) is 1. The Hall–Kier alpha value is -2.43. The van der Waals surface area contributed by atoms with Crippen molar-refractivity contribution in [2.45, 2.75) is 6.92 Å². The van der Waals surface area contributed by atoms with Crippen LogP contribution in [0.3, 0.4) is 0 Å². The van der Waals surface area contributed by atoms with E-state index in [0.717, 1.165) is 6.07 Å². The van der Waals surface area contributed by atoms with Gasteiger partial charge in [-0.3, -0.25) is 4.79 Å². The molecule has 4 nitrogen and oxygen atoms in total. The lowest BCUT2D eigenvalue weighted by Gasteiger charge is -2.08. The summed E-state index contributed by atoms with van der Waals surface area (Å²) >= 11 is 0. The molecule has 1 amide bonds. The molecule has 0 spiro atoms. The standard InChI is InChI=1S/C13H11FN2O2/c1-8-10(12(15)17)7-11(14)13(16-8)18-9-5-3-2-4-6-9/h2-7H,1H3,(H2,15,17). The molecule has 92 valence electrons. The minimum atomic E-state index is -0.724. The Balaban J connectivity index is 2.35. The van der Waals surface area contributed by atoms with Crippen molar-refractivity contribution in [1.82, 2.24) is 4.98 Å². The second-order valence-electron chi connectivity index (χ2n) is 3.69. The zero-order valence-corrected chi connectivity index (χ0v) is 9.68. The maximum atomic E-state index is 13.7. The van der Waals surface area contributed by atoms with E-state index in [9.17, 15) is 9.18 Å². The van der Waals surface area contributed by atoms with E-state index in [1.54, 1.807) is 31.2 Å². The van der Waals surface area contributed by atoms with Crippen LogP contribution in [0.1, 0.15) is 16.1 Å². The molecule has 0 unspecified atom stereocenters. The van der Waals surface area contributed by atoms with Gasteiger partial charge in [0, 0.05) is 0 Å². The first-order chi connectivity index (χ1) is 8.58. The second-order valence-corrected chi connectivity index (χ2v) is 3.69. The molecule has 2 rings (SSSR count). The highest BCUT2D eigenvalue weighted by Crippen LogP contribution is 2.23. The number of para-hydroxylation sites is 1.